The highest BCUT2D eigenvalue weighted by molar-refractivity contribution is 5.14. The molecule has 0 amide bonds. The van der Waals surface area contributed by atoms with E-state index in [-0.39, 0.29) is 0 Å². The second-order valence-corrected chi connectivity index (χ2v) is 3.50. The molecule has 0 fully saturated rings. The quantitative estimate of drug-likeness (QED) is 0.678. The number of nitrogens with one attached hydrogen (secondary N) is 1. The van der Waals surface area contributed by atoms with Gasteiger partial charge in [0, 0.05) is 12.6 Å². The first-order chi connectivity index (χ1) is 6.86. The Morgan fingerprint density at radius 2 is 2.07 bits per heavy atom. The lowest BCUT2D eigenvalue weighted by atomic mass is 10.1. The summed E-state index contributed by atoms with van der Waals surface area (Å²) in [5.74, 6) is 0. The van der Waals surface area contributed by atoms with Gasteiger partial charge in [-0.2, -0.15) is 0 Å². The second-order valence-electron chi connectivity index (χ2n) is 3.50. The SMILES string of the molecule is C=C[C@@H](CCC)NCc1ccccc1. The fourth-order valence-corrected chi connectivity index (χ4v) is 1.46. The molecule has 0 aliphatic rings. The Labute approximate surface area is 86.8 Å². The van der Waals surface area contributed by atoms with Crippen molar-refractivity contribution in [1.29, 1.82) is 0 Å². The van der Waals surface area contributed by atoms with E-state index in [0.717, 1.165) is 13.0 Å². The Bertz CT molecular complexity index is 253. The maximum Gasteiger partial charge on any atom is 0.0250 e. The standard InChI is InChI=1S/C13H19N/c1-3-8-13(4-2)14-11-12-9-6-5-7-10-12/h4-7,9-10,13-14H,2-3,8,11H2,1H3/t13-/m0/s1. The number of hydrogen-bond donors (Lipinski definition) is 1. The maximum atomic E-state index is 3.83. The summed E-state index contributed by atoms with van der Waals surface area (Å²) in [6, 6.07) is 10.9. The average Bonchev–Trinajstić information content (AvgIpc) is 2.25. The van der Waals surface area contributed by atoms with Gasteiger partial charge >= 0.3 is 0 Å². The first-order valence-corrected chi connectivity index (χ1v) is 5.26. The van der Waals surface area contributed by atoms with E-state index in [4.69, 9.17) is 0 Å². The summed E-state index contributed by atoms with van der Waals surface area (Å²) in [4.78, 5) is 0. The zero-order valence-electron chi connectivity index (χ0n) is 8.87. The van der Waals surface area contributed by atoms with Crippen molar-refractivity contribution in [3.63, 3.8) is 0 Å². The lowest BCUT2D eigenvalue weighted by Gasteiger charge is -2.13. The van der Waals surface area contributed by atoms with E-state index in [0.29, 0.717) is 6.04 Å². The minimum atomic E-state index is 0.445. The van der Waals surface area contributed by atoms with Gasteiger partial charge in [0.25, 0.3) is 0 Å². The molecule has 1 N–H and O–H groups in total. The van der Waals surface area contributed by atoms with Gasteiger partial charge in [-0.3, -0.25) is 0 Å². The van der Waals surface area contributed by atoms with Crippen molar-refractivity contribution in [1.82, 2.24) is 5.32 Å². The molecule has 1 atom stereocenters. The molecule has 0 aliphatic carbocycles. The fourth-order valence-electron chi connectivity index (χ4n) is 1.46. The van der Waals surface area contributed by atoms with E-state index < -0.39 is 0 Å². The van der Waals surface area contributed by atoms with Crippen molar-refractivity contribution in [2.24, 2.45) is 0 Å². The van der Waals surface area contributed by atoms with Gasteiger partial charge in [-0.25, -0.2) is 0 Å². The van der Waals surface area contributed by atoms with E-state index in [1.807, 2.05) is 12.1 Å². The first kappa shape index (κ1) is 11.0. The van der Waals surface area contributed by atoms with Crippen molar-refractivity contribution in [3.05, 3.63) is 48.6 Å². The molecule has 0 aromatic heterocycles. The van der Waals surface area contributed by atoms with Crippen LogP contribution in [0.3, 0.4) is 0 Å². The molecule has 0 bridgehead atoms. The zero-order valence-corrected chi connectivity index (χ0v) is 8.87. The topological polar surface area (TPSA) is 12.0 Å². The molecule has 0 saturated heterocycles. The predicted molar refractivity (Wildman–Crippen MR) is 62.2 cm³/mol. The molecule has 0 aliphatic heterocycles. The number of rotatable bonds is 6. The fraction of sp³-hybridized carbons (Fsp3) is 0.385. The van der Waals surface area contributed by atoms with Crippen LogP contribution in [0.2, 0.25) is 0 Å². The summed E-state index contributed by atoms with van der Waals surface area (Å²) < 4.78 is 0. The van der Waals surface area contributed by atoms with Crippen LogP contribution in [0.4, 0.5) is 0 Å². The van der Waals surface area contributed by atoms with Crippen molar-refractivity contribution < 1.29 is 0 Å². The molecule has 1 heteroatoms. The summed E-state index contributed by atoms with van der Waals surface area (Å²) in [7, 11) is 0. The van der Waals surface area contributed by atoms with Crippen LogP contribution in [-0.2, 0) is 6.54 Å². The van der Waals surface area contributed by atoms with Gasteiger partial charge in [0.1, 0.15) is 0 Å². The average molecular weight is 189 g/mol. The van der Waals surface area contributed by atoms with Crippen molar-refractivity contribution in [2.45, 2.75) is 32.4 Å². The van der Waals surface area contributed by atoms with E-state index in [1.165, 1.54) is 12.0 Å². The Morgan fingerprint density at radius 1 is 1.36 bits per heavy atom. The van der Waals surface area contributed by atoms with Crippen LogP contribution in [0.1, 0.15) is 25.3 Å². The summed E-state index contributed by atoms with van der Waals surface area (Å²) in [6.07, 6.45) is 4.35. The van der Waals surface area contributed by atoms with Gasteiger partial charge in [0.2, 0.25) is 0 Å². The predicted octanol–water partition coefficient (Wildman–Crippen LogP) is 3.13. The van der Waals surface area contributed by atoms with Gasteiger partial charge in [-0.1, -0.05) is 49.8 Å². The van der Waals surface area contributed by atoms with Crippen LogP contribution < -0.4 is 5.32 Å². The van der Waals surface area contributed by atoms with Crippen molar-refractivity contribution in [3.8, 4) is 0 Å². The third-order valence-electron chi connectivity index (χ3n) is 2.30. The van der Waals surface area contributed by atoms with Gasteiger partial charge in [0.05, 0.1) is 0 Å². The molecule has 1 aromatic rings. The zero-order chi connectivity index (χ0) is 10.2. The molecule has 1 nitrogen and oxygen atoms in total. The number of hydrogen-bond acceptors (Lipinski definition) is 1. The van der Waals surface area contributed by atoms with Crippen LogP contribution >= 0.6 is 0 Å². The molecule has 0 heterocycles. The van der Waals surface area contributed by atoms with Crippen molar-refractivity contribution >= 4 is 0 Å². The van der Waals surface area contributed by atoms with Gasteiger partial charge in [-0.15, -0.1) is 6.58 Å². The van der Waals surface area contributed by atoms with Crippen LogP contribution in [0.25, 0.3) is 0 Å². The largest absolute Gasteiger partial charge is 0.306 e. The second kappa shape index (κ2) is 6.39. The summed E-state index contributed by atoms with van der Waals surface area (Å²) in [5, 5.41) is 3.47. The van der Waals surface area contributed by atoms with E-state index in [2.05, 4.69) is 43.1 Å². The Hall–Kier alpha value is -1.08. The first-order valence-electron chi connectivity index (χ1n) is 5.26. The van der Waals surface area contributed by atoms with E-state index >= 15 is 0 Å². The van der Waals surface area contributed by atoms with E-state index in [1.54, 1.807) is 0 Å². The van der Waals surface area contributed by atoms with Gasteiger partial charge in [0.15, 0.2) is 0 Å². The molecule has 76 valence electrons. The molecular formula is C13H19N. The summed E-state index contributed by atoms with van der Waals surface area (Å²) in [5.41, 5.74) is 1.33. The molecule has 0 saturated carbocycles. The third-order valence-corrected chi connectivity index (χ3v) is 2.30. The lowest BCUT2D eigenvalue weighted by molar-refractivity contribution is 0.550. The summed E-state index contributed by atoms with van der Waals surface area (Å²) >= 11 is 0. The van der Waals surface area contributed by atoms with Crippen LogP contribution in [-0.4, -0.2) is 6.04 Å². The Morgan fingerprint density at radius 3 is 2.64 bits per heavy atom. The maximum absolute atomic E-state index is 3.83. The highest BCUT2D eigenvalue weighted by Crippen LogP contribution is 2.01. The minimum Gasteiger partial charge on any atom is -0.306 e. The van der Waals surface area contributed by atoms with Crippen LogP contribution in [0, 0.1) is 0 Å². The molecule has 14 heavy (non-hydrogen) atoms. The molecule has 0 radical (unpaired) electrons. The molecule has 0 unspecified atom stereocenters. The molecule has 1 aromatic carbocycles. The highest BCUT2D eigenvalue weighted by atomic mass is 14.9. The smallest absolute Gasteiger partial charge is 0.0250 e. The van der Waals surface area contributed by atoms with Gasteiger partial charge in [-0.05, 0) is 12.0 Å². The molecule has 0 spiro atoms. The van der Waals surface area contributed by atoms with Crippen LogP contribution in [0.5, 0.6) is 0 Å². The molecular weight excluding hydrogens is 170 g/mol. The van der Waals surface area contributed by atoms with Crippen molar-refractivity contribution in [2.75, 3.05) is 0 Å². The monoisotopic (exact) mass is 189 g/mol. The van der Waals surface area contributed by atoms with E-state index in [9.17, 15) is 0 Å². The molecule has 1 rings (SSSR count). The number of benzene rings is 1. The summed E-state index contributed by atoms with van der Waals surface area (Å²) in [6.45, 7) is 6.95. The lowest BCUT2D eigenvalue weighted by Crippen LogP contribution is -2.26. The van der Waals surface area contributed by atoms with Crippen LogP contribution in [0.15, 0.2) is 43.0 Å². The third kappa shape index (κ3) is 3.75. The van der Waals surface area contributed by atoms with Gasteiger partial charge < -0.3 is 5.32 Å². The minimum absolute atomic E-state index is 0.445. The highest BCUT2D eigenvalue weighted by Gasteiger charge is 2.00. The Balaban J connectivity index is 2.35. The Kier molecular flexibility index (Phi) is 5.02. The normalized spacial score (nSPS) is 12.4.